The molecule has 1 aromatic heterocycles. The number of urea groups is 1. The van der Waals surface area contributed by atoms with Gasteiger partial charge in [0.05, 0.1) is 10.2 Å². The van der Waals surface area contributed by atoms with Gasteiger partial charge in [-0.3, -0.25) is 14.5 Å². The number of aromatic nitrogens is 1. The lowest BCUT2D eigenvalue weighted by atomic mass is 9.73. The number of halogens is 1. The van der Waals surface area contributed by atoms with Gasteiger partial charge in [-0.25, -0.2) is 9.78 Å². The standard InChI is InChI=1S/C18H19ClN4O3S/c1-10-4-2-3-7-18(10)15(25)23(17(26)22-18)9-14(24)21-16-20-12-6-5-11(19)8-13(12)27-16/h5-6,8,10H,2-4,7,9H2,1H3,(H,22,26)(H,20,21,24). The van der Waals surface area contributed by atoms with E-state index < -0.39 is 17.5 Å². The number of rotatable bonds is 3. The molecule has 2 atom stereocenters. The van der Waals surface area contributed by atoms with Gasteiger partial charge in [-0.1, -0.05) is 42.7 Å². The van der Waals surface area contributed by atoms with E-state index in [1.807, 2.05) is 6.92 Å². The first-order valence-electron chi connectivity index (χ1n) is 8.89. The molecule has 9 heteroatoms. The van der Waals surface area contributed by atoms with Crippen molar-refractivity contribution in [2.24, 2.45) is 5.92 Å². The van der Waals surface area contributed by atoms with Crippen molar-refractivity contribution in [1.29, 1.82) is 0 Å². The highest BCUT2D eigenvalue weighted by atomic mass is 35.5. The normalized spacial score (nSPS) is 25.3. The molecule has 0 bridgehead atoms. The Kier molecular flexibility index (Phi) is 4.55. The van der Waals surface area contributed by atoms with Gasteiger partial charge in [-0.05, 0) is 37.0 Å². The summed E-state index contributed by atoms with van der Waals surface area (Å²) in [5, 5.41) is 6.52. The lowest BCUT2D eigenvalue weighted by Crippen LogP contribution is -2.54. The second-order valence-electron chi connectivity index (χ2n) is 7.12. The first-order valence-corrected chi connectivity index (χ1v) is 10.1. The molecule has 2 aliphatic rings. The first-order chi connectivity index (χ1) is 12.9. The largest absolute Gasteiger partial charge is 0.325 e. The summed E-state index contributed by atoms with van der Waals surface area (Å²) in [6.45, 7) is 1.66. The summed E-state index contributed by atoms with van der Waals surface area (Å²) in [7, 11) is 0. The molecule has 2 unspecified atom stereocenters. The Labute approximate surface area is 165 Å². The first kappa shape index (κ1) is 18.2. The third-order valence-corrected chi connectivity index (χ3v) is 6.57. The second-order valence-corrected chi connectivity index (χ2v) is 8.59. The van der Waals surface area contributed by atoms with Crippen LogP contribution in [-0.4, -0.2) is 39.8 Å². The van der Waals surface area contributed by atoms with E-state index in [9.17, 15) is 14.4 Å². The third-order valence-electron chi connectivity index (χ3n) is 5.40. The molecule has 142 valence electrons. The SMILES string of the molecule is CC1CCCCC12NC(=O)N(CC(=O)Nc1nc3ccc(Cl)cc3s1)C2=O. The Morgan fingerprint density at radius 1 is 1.44 bits per heavy atom. The van der Waals surface area contributed by atoms with Gasteiger partial charge in [-0.15, -0.1) is 0 Å². The van der Waals surface area contributed by atoms with Crippen LogP contribution in [0.4, 0.5) is 9.93 Å². The molecule has 4 rings (SSSR count). The van der Waals surface area contributed by atoms with Crippen molar-refractivity contribution < 1.29 is 14.4 Å². The number of carbonyl (C=O) groups is 3. The molecule has 2 N–H and O–H groups in total. The van der Waals surface area contributed by atoms with Gasteiger partial charge in [-0.2, -0.15) is 0 Å². The summed E-state index contributed by atoms with van der Waals surface area (Å²) in [6.07, 6.45) is 3.45. The molecule has 1 saturated carbocycles. The zero-order valence-corrected chi connectivity index (χ0v) is 16.3. The highest BCUT2D eigenvalue weighted by Crippen LogP contribution is 2.38. The molecule has 7 nitrogen and oxygen atoms in total. The van der Waals surface area contributed by atoms with Crippen molar-refractivity contribution in [3.8, 4) is 0 Å². The van der Waals surface area contributed by atoms with Gasteiger partial charge in [0, 0.05) is 5.02 Å². The number of fused-ring (bicyclic) bond motifs is 1. The molecule has 2 heterocycles. The number of anilines is 1. The van der Waals surface area contributed by atoms with Crippen LogP contribution in [0.25, 0.3) is 10.2 Å². The predicted molar refractivity (Wildman–Crippen MR) is 104 cm³/mol. The van der Waals surface area contributed by atoms with Crippen LogP contribution in [-0.2, 0) is 9.59 Å². The number of amides is 4. The van der Waals surface area contributed by atoms with Crippen LogP contribution in [0.1, 0.15) is 32.6 Å². The summed E-state index contributed by atoms with van der Waals surface area (Å²) < 4.78 is 0.850. The molecular weight excluding hydrogens is 388 g/mol. The topological polar surface area (TPSA) is 91.4 Å². The van der Waals surface area contributed by atoms with Crippen LogP contribution in [0, 0.1) is 5.92 Å². The van der Waals surface area contributed by atoms with E-state index in [4.69, 9.17) is 11.6 Å². The summed E-state index contributed by atoms with van der Waals surface area (Å²) >= 11 is 7.25. The molecule has 2 fully saturated rings. The van der Waals surface area contributed by atoms with Crippen molar-refractivity contribution in [2.75, 3.05) is 11.9 Å². The molecule has 1 spiro atoms. The Bertz CT molecular complexity index is 946. The quantitative estimate of drug-likeness (QED) is 0.764. The number of imide groups is 1. The minimum Gasteiger partial charge on any atom is -0.323 e. The summed E-state index contributed by atoms with van der Waals surface area (Å²) in [4.78, 5) is 43.0. The van der Waals surface area contributed by atoms with E-state index in [0.29, 0.717) is 16.6 Å². The maximum atomic E-state index is 12.9. The molecule has 1 aliphatic heterocycles. The van der Waals surface area contributed by atoms with Gasteiger partial charge in [0.25, 0.3) is 5.91 Å². The Hall–Kier alpha value is -2.19. The number of thiazole rings is 1. The molecule has 1 aromatic carbocycles. The Balaban J connectivity index is 1.47. The lowest BCUT2D eigenvalue weighted by molar-refractivity contribution is -0.136. The Morgan fingerprint density at radius 3 is 3.04 bits per heavy atom. The molecule has 4 amide bonds. The summed E-state index contributed by atoms with van der Waals surface area (Å²) in [6, 6.07) is 4.78. The van der Waals surface area contributed by atoms with Crippen LogP contribution < -0.4 is 10.6 Å². The molecule has 0 radical (unpaired) electrons. The molecular formula is C18H19ClN4O3S. The minimum atomic E-state index is -0.859. The Morgan fingerprint density at radius 2 is 2.26 bits per heavy atom. The van der Waals surface area contributed by atoms with Crippen LogP contribution in [0.3, 0.4) is 0 Å². The van der Waals surface area contributed by atoms with Gasteiger partial charge in [0.1, 0.15) is 12.1 Å². The number of benzene rings is 1. The predicted octanol–water partition coefficient (Wildman–Crippen LogP) is 3.39. The summed E-state index contributed by atoms with van der Waals surface area (Å²) in [5.41, 5.74) is -0.132. The zero-order chi connectivity index (χ0) is 19.2. The maximum absolute atomic E-state index is 12.9. The number of nitrogens with zero attached hydrogens (tertiary/aromatic N) is 2. The van der Waals surface area contributed by atoms with E-state index in [1.54, 1.807) is 18.2 Å². The third kappa shape index (κ3) is 3.17. The van der Waals surface area contributed by atoms with Gasteiger partial charge in [0.2, 0.25) is 5.91 Å². The molecule has 2 aromatic rings. The van der Waals surface area contributed by atoms with Crippen LogP contribution in [0.15, 0.2) is 18.2 Å². The monoisotopic (exact) mass is 406 g/mol. The number of nitrogens with one attached hydrogen (secondary N) is 2. The van der Waals surface area contributed by atoms with Crippen LogP contribution >= 0.6 is 22.9 Å². The average molecular weight is 407 g/mol. The fraction of sp³-hybridized carbons (Fsp3) is 0.444. The number of hydrogen-bond donors (Lipinski definition) is 2. The fourth-order valence-electron chi connectivity index (χ4n) is 3.89. The van der Waals surface area contributed by atoms with Gasteiger partial charge in [0.15, 0.2) is 5.13 Å². The van der Waals surface area contributed by atoms with E-state index in [0.717, 1.165) is 34.4 Å². The average Bonchev–Trinajstić information content (AvgIpc) is 3.11. The van der Waals surface area contributed by atoms with Crippen LogP contribution in [0.5, 0.6) is 0 Å². The van der Waals surface area contributed by atoms with Crippen molar-refractivity contribution >= 4 is 56.1 Å². The number of hydrogen-bond acceptors (Lipinski definition) is 5. The summed E-state index contributed by atoms with van der Waals surface area (Å²) in [5.74, 6) is -0.695. The van der Waals surface area contributed by atoms with Gasteiger partial charge < -0.3 is 10.6 Å². The van der Waals surface area contributed by atoms with Crippen molar-refractivity contribution in [3.05, 3.63) is 23.2 Å². The van der Waals surface area contributed by atoms with E-state index in [-0.39, 0.29) is 18.4 Å². The molecule has 27 heavy (non-hydrogen) atoms. The lowest BCUT2D eigenvalue weighted by Gasteiger charge is -2.36. The second kappa shape index (κ2) is 6.76. The van der Waals surface area contributed by atoms with E-state index >= 15 is 0 Å². The maximum Gasteiger partial charge on any atom is 0.325 e. The zero-order valence-electron chi connectivity index (χ0n) is 14.8. The smallest absolute Gasteiger partial charge is 0.323 e. The molecule has 1 saturated heterocycles. The molecule has 1 aliphatic carbocycles. The van der Waals surface area contributed by atoms with Crippen LogP contribution in [0.2, 0.25) is 5.02 Å². The highest BCUT2D eigenvalue weighted by Gasteiger charge is 2.55. The van der Waals surface area contributed by atoms with Crippen molar-refractivity contribution in [2.45, 2.75) is 38.1 Å². The van der Waals surface area contributed by atoms with Crippen molar-refractivity contribution in [1.82, 2.24) is 15.2 Å². The van der Waals surface area contributed by atoms with E-state index in [2.05, 4.69) is 15.6 Å². The van der Waals surface area contributed by atoms with Gasteiger partial charge >= 0.3 is 6.03 Å². The highest BCUT2D eigenvalue weighted by molar-refractivity contribution is 7.22. The van der Waals surface area contributed by atoms with Crippen molar-refractivity contribution in [3.63, 3.8) is 0 Å². The fourth-order valence-corrected chi connectivity index (χ4v) is 5.05. The minimum absolute atomic E-state index is 0.0600. The number of carbonyl (C=O) groups excluding carboxylic acids is 3. The van der Waals surface area contributed by atoms with E-state index in [1.165, 1.54) is 11.3 Å².